The monoisotopic (exact) mass is 517 g/mol. The summed E-state index contributed by atoms with van der Waals surface area (Å²) in [5.74, 6) is 1.57. The molecule has 30 heavy (non-hydrogen) atoms. The summed E-state index contributed by atoms with van der Waals surface area (Å²) in [5, 5.41) is 0. The van der Waals surface area contributed by atoms with Crippen molar-refractivity contribution >= 4 is 17.0 Å². The van der Waals surface area contributed by atoms with Crippen LogP contribution < -0.4 is 0 Å². The summed E-state index contributed by atoms with van der Waals surface area (Å²) in [6.07, 6.45) is 16.5. The predicted octanol–water partition coefficient (Wildman–Crippen LogP) is 9.36. The topological polar surface area (TPSA) is 0 Å². The molecule has 0 amide bonds. The van der Waals surface area contributed by atoms with Gasteiger partial charge in [0.1, 0.15) is 0 Å². The summed E-state index contributed by atoms with van der Waals surface area (Å²) in [5.41, 5.74) is 12.2. The van der Waals surface area contributed by atoms with Crippen molar-refractivity contribution in [3.8, 4) is 11.1 Å². The fourth-order valence-electron chi connectivity index (χ4n) is 5.97. The van der Waals surface area contributed by atoms with Crippen molar-refractivity contribution in [3.63, 3.8) is 0 Å². The van der Waals surface area contributed by atoms with Gasteiger partial charge in [-0.15, -0.1) is 0 Å². The van der Waals surface area contributed by atoms with Crippen molar-refractivity contribution < 1.29 is 20.8 Å². The van der Waals surface area contributed by atoms with E-state index in [0.717, 1.165) is 11.8 Å². The first-order valence-electron chi connectivity index (χ1n) is 11.7. The van der Waals surface area contributed by atoms with Crippen LogP contribution in [0.15, 0.2) is 24.3 Å². The SMILES string of the molecule is Cc1cc(C2CCCCC2)cc2c1[CH]c1c(C)cc(C3CCCCC3)cc1-2.[Cl][Zr][Cl]. The molecule has 5 rings (SSSR count). The number of hydrogen-bond donors (Lipinski definition) is 0. The van der Waals surface area contributed by atoms with Gasteiger partial charge in [-0.1, -0.05) is 62.8 Å². The van der Waals surface area contributed by atoms with E-state index in [1.54, 1.807) is 11.1 Å². The van der Waals surface area contributed by atoms with Crippen LogP contribution in [0.5, 0.6) is 0 Å². The van der Waals surface area contributed by atoms with Gasteiger partial charge in [-0.25, -0.2) is 0 Å². The Morgan fingerprint density at radius 2 is 1.00 bits per heavy atom. The molecular weight excluding hydrogens is 486 g/mol. The van der Waals surface area contributed by atoms with Crippen molar-refractivity contribution in [2.75, 3.05) is 0 Å². The summed E-state index contributed by atoms with van der Waals surface area (Å²) in [7, 11) is 9.87. The molecule has 0 aromatic heterocycles. The Balaban J connectivity index is 0.000000687. The van der Waals surface area contributed by atoms with E-state index in [1.165, 1.54) is 97.6 Å². The first kappa shape index (κ1) is 23.1. The van der Waals surface area contributed by atoms with Crippen LogP contribution in [0.1, 0.15) is 109 Å². The first-order valence-corrected chi connectivity index (χ1v) is 18.1. The van der Waals surface area contributed by atoms with Gasteiger partial charge < -0.3 is 0 Å². The maximum absolute atomic E-state index is 4.93. The van der Waals surface area contributed by atoms with E-state index in [9.17, 15) is 0 Å². The van der Waals surface area contributed by atoms with Crippen LogP contribution in [0, 0.1) is 20.3 Å². The quantitative estimate of drug-likeness (QED) is 0.316. The average molecular weight is 520 g/mol. The molecule has 0 heterocycles. The van der Waals surface area contributed by atoms with E-state index in [1.807, 2.05) is 0 Å². The van der Waals surface area contributed by atoms with Crippen molar-refractivity contribution in [1.82, 2.24) is 0 Å². The number of aryl methyl sites for hydroxylation is 2. The van der Waals surface area contributed by atoms with Crippen molar-refractivity contribution in [2.45, 2.75) is 89.9 Å². The zero-order chi connectivity index (χ0) is 21.1. The van der Waals surface area contributed by atoms with Crippen molar-refractivity contribution in [1.29, 1.82) is 0 Å². The second-order valence-electron chi connectivity index (χ2n) is 9.48. The Labute approximate surface area is 201 Å². The van der Waals surface area contributed by atoms with E-state index < -0.39 is 20.8 Å². The molecule has 2 aromatic rings. The van der Waals surface area contributed by atoms with Gasteiger partial charge in [-0.3, -0.25) is 0 Å². The van der Waals surface area contributed by atoms with Crippen LogP contribution in [0.2, 0.25) is 0 Å². The minimum absolute atomic E-state index is 0.787. The van der Waals surface area contributed by atoms with E-state index in [4.69, 9.17) is 17.0 Å². The zero-order valence-corrected chi connectivity index (χ0v) is 22.3. The molecule has 159 valence electrons. The number of fused-ring (bicyclic) bond motifs is 3. The van der Waals surface area contributed by atoms with Crippen LogP contribution in [0.25, 0.3) is 11.1 Å². The molecule has 3 aliphatic rings. The Bertz CT molecular complexity index is 805. The van der Waals surface area contributed by atoms with Gasteiger partial charge in [-0.05, 0) is 95.9 Å². The molecule has 0 unspecified atom stereocenters. The number of halogens is 2. The normalized spacial score (nSPS) is 18.9. The molecule has 0 bridgehead atoms. The van der Waals surface area contributed by atoms with E-state index in [2.05, 4.69) is 44.5 Å². The fraction of sp³-hybridized carbons (Fsp3) is 0.519. The molecular formula is C27H33Cl2Zr. The summed E-state index contributed by atoms with van der Waals surface area (Å²) in [6.45, 7) is 4.65. The number of benzene rings is 2. The predicted molar refractivity (Wildman–Crippen MR) is 127 cm³/mol. The van der Waals surface area contributed by atoms with Gasteiger partial charge in [0.2, 0.25) is 0 Å². The number of hydrogen-bond acceptors (Lipinski definition) is 0. The summed E-state index contributed by atoms with van der Waals surface area (Å²) >= 11 is -0.826. The molecule has 0 saturated heterocycles. The molecule has 0 N–H and O–H groups in total. The Morgan fingerprint density at radius 3 is 1.37 bits per heavy atom. The van der Waals surface area contributed by atoms with Gasteiger partial charge in [0.15, 0.2) is 0 Å². The van der Waals surface area contributed by atoms with E-state index in [-0.39, 0.29) is 0 Å². The summed E-state index contributed by atoms with van der Waals surface area (Å²) in [6, 6.07) is 10.1. The second-order valence-corrected chi connectivity index (χ2v) is 13.2. The third-order valence-corrected chi connectivity index (χ3v) is 7.55. The Hall–Kier alpha value is -0.0969. The molecule has 0 nitrogen and oxygen atoms in total. The molecule has 0 spiro atoms. The average Bonchev–Trinajstić information content (AvgIpc) is 3.16. The molecule has 2 saturated carbocycles. The summed E-state index contributed by atoms with van der Waals surface area (Å²) < 4.78 is 0. The van der Waals surface area contributed by atoms with Gasteiger partial charge in [0, 0.05) is 6.42 Å². The van der Waals surface area contributed by atoms with E-state index in [0.29, 0.717) is 0 Å². The Morgan fingerprint density at radius 1 is 0.633 bits per heavy atom. The third kappa shape index (κ3) is 4.95. The summed E-state index contributed by atoms with van der Waals surface area (Å²) in [4.78, 5) is 0. The van der Waals surface area contributed by atoms with Gasteiger partial charge in [0.25, 0.3) is 0 Å². The van der Waals surface area contributed by atoms with Gasteiger partial charge >= 0.3 is 37.9 Å². The molecule has 1 radical (unpaired) electrons. The minimum atomic E-state index is -0.826. The first-order chi connectivity index (χ1) is 14.6. The van der Waals surface area contributed by atoms with E-state index >= 15 is 0 Å². The molecule has 2 aromatic carbocycles. The molecule has 3 heteroatoms. The van der Waals surface area contributed by atoms with Crippen LogP contribution >= 0.6 is 17.0 Å². The molecule has 2 fully saturated rings. The van der Waals surface area contributed by atoms with Crippen LogP contribution in [0.3, 0.4) is 0 Å². The van der Waals surface area contributed by atoms with Crippen molar-refractivity contribution in [2.24, 2.45) is 0 Å². The van der Waals surface area contributed by atoms with Crippen LogP contribution in [-0.2, 0) is 20.8 Å². The maximum atomic E-state index is 4.93. The standard InChI is InChI=1S/C27H33.2ClH.Zr/c1-18-13-22(20-9-5-3-6-10-20)15-26-24(18)17-25-19(2)14-23(16-27(25)26)21-11-7-4-8-12-21;;;/h13-17,20-21H,3-12H2,1-2H3;2*1H;/q;;;+2/p-2. The Kier molecular flexibility index (Phi) is 8.21. The third-order valence-electron chi connectivity index (χ3n) is 7.55. The fourth-order valence-corrected chi connectivity index (χ4v) is 5.97. The van der Waals surface area contributed by atoms with Gasteiger partial charge in [-0.2, -0.15) is 0 Å². The molecule has 3 aliphatic carbocycles. The van der Waals surface area contributed by atoms with Crippen LogP contribution in [-0.4, -0.2) is 0 Å². The molecule has 0 aliphatic heterocycles. The van der Waals surface area contributed by atoms with Gasteiger partial charge in [0.05, 0.1) is 0 Å². The number of rotatable bonds is 2. The molecule has 0 atom stereocenters. The van der Waals surface area contributed by atoms with Crippen molar-refractivity contribution in [3.05, 3.63) is 64.1 Å². The van der Waals surface area contributed by atoms with Crippen LogP contribution in [0.4, 0.5) is 0 Å². The zero-order valence-electron chi connectivity index (χ0n) is 18.4. The second kappa shape index (κ2) is 10.7.